The third-order valence-corrected chi connectivity index (χ3v) is 4.61. The van der Waals surface area contributed by atoms with Gasteiger partial charge in [0.2, 0.25) is 5.91 Å². The second-order valence-corrected chi connectivity index (χ2v) is 6.78. The van der Waals surface area contributed by atoms with Crippen molar-refractivity contribution >= 4 is 45.0 Å². The molecule has 1 heterocycles. The van der Waals surface area contributed by atoms with E-state index in [2.05, 4.69) is 37.0 Å². The lowest BCUT2D eigenvalue weighted by Crippen LogP contribution is -2.33. The highest BCUT2D eigenvalue weighted by Crippen LogP contribution is 2.29. The second-order valence-electron chi connectivity index (χ2n) is 5.77. The quantitative estimate of drug-likeness (QED) is 0.712. The van der Waals surface area contributed by atoms with Crippen molar-refractivity contribution in [3.05, 3.63) is 24.3 Å². The molecular formula is C17H26ClN3OS. The number of hydrogen-bond donors (Lipinski definition) is 0. The molecular weight excluding hydrogens is 330 g/mol. The molecule has 0 aliphatic rings. The van der Waals surface area contributed by atoms with Gasteiger partial charge in [-0.15, -0.1) is 12.4 Å². The normalized spacial score (nSPS) is 10.8. The molecule has 0 bridgehead atoms. The van der Waals surface area contributed by atoms with Crippen molar-refractivity contribution in [2.45, 2.75) is 32.6 Å². The minimum absolute atomic E-state index is 0. The summed E-state index contributed by atoms with van der Waals surface area (Å²) < 4.78 is 1.14. The molecule has 0 aliphatic carbocycles. The first-order valence-corrected chi connectivity index (χ1v) is 8.74. The van der Waals surface area contributed by atoms with E-state index >= 15 is 0 Å². The Morgan fingerprint density at radius 2 is 1.91 bits per heavy atom. The predicted octanol–water partition coefficient (Wildman–Crippen LogP) is 4.19. The van der Waals surface area contributed by atoms with E-state index in [1.807, 2.05) is 23.1 Å². The Morgan fingerprint density at radius 3 is 2.57 bits per heavy atom. The van der Waals surface area contributed by atoms with Gasteiger partial charge in [-0.05, 0) is 45.6 Å². The van der Waals surface area contributed by atoms with E-state index in [4.69, 9.17) is 0 Å². The largest absolute Gasteiger partial charge is 0.309 e. The maximum absolute atomic E-state index is 12.5. The van der Waals surface area contributed by atoms with Gasteiger partial charge in [0.15, 0.2) is 5.13 Å². The van der Waals surface area contributed by atoms with Gasteiger partial charge in [-0.2, -0.15) is 0 Å². The van der Waals surface area contributed by atoms with Crippen LogP contribution in [0.4, 0.5) is 5.13 Å². The second kappa shape index (κ2) is 9.85. The average Bonchev–Trinajstić information content (AvgIpc) is 2.92. The number of para-hydroxylation sites is 1. The van der Waals surface area contributed by atoms with Crippen molar-refractivity contribution in [2.24, 2.45) is 0 Å². The standard InChI is InChI=1S/C17H25N3OS.ClH/c1-4-5-11-16(21)20(13-8-12-19(2)3)17-18-14-9-6-7-10-15(14)22-17;/h6-7,9-10H,4-5,8,11-13H2,1-3H3;1H. The molecule has 0 atom stereocenters. The van der Waals surface area contributed by atoms with Crippen LogP contribution in [0.15, 0.2) is 24.3 Å². The number of carbonyl (C=O) groups is 1. The van der Waals surface area contributed by atoms with Gasteiger partial charge in [0.1, 0.15) is 0 Å². The molecule has 2 rings (SSSR count). The Kier molecular flexibility index (Phi) is 8.52. The van der Waals surface area contributed by atoms with E-state index in [1.54, 1.807) is 11.3 Å². The SMILES string of the molecule is CCCCC(=O)N(CCCN(C)C)c1nc2ccccc2s1.Cl. The molecule has 0 aliphatic heterocycles. The minimum atomic E-state index is 0. The van der Waals surface area contributed by atoms with Crippen molar-refractivity contribution in [2.75, 3.05) is 32.1 Å². The zero-order valence-corrected chi connectivity index (χ0v) is 15.8. The maximum Gasteiger partial charge on any atom is 0.228 e. The van der Waals surface area contributed by atoms with Crippen molar-refractivity contribution < 1.29 is 4.79 Å². The number of unbranched alkanes of at least 4 members (excludes halogenated alkanes) is 1. The number of thiazole rings is 1. The average molecular weight is 356 g/mol. The first kappa shape index (κ1) is 19.9. The molecule has 0 radical (unpaired) electrons. The number of carbonyl (C=O) groups excluding carboxylic acids is 1. The highest BCUT2D eigenvalue weighted by atomic mass is 35.5. The number of aromatic nitrogens is 1. The summed E-state index contributed by atoms with van der Waals surface area (Å²) in [6, 6.07) is 8.07. The van der Waals surface area contributed by atoms with Gasteiger partial charge in [0.25, 0.3) is 0 Å². The third kappa shape index (κ3) is 5.75. The molecule has 1 amide bonds. The Labute approximate surface area is 148 Å². The fraction of sp³-hybridized carbons (Fsp3) is 0.529. The molecule has 0 fully saturated rings. The van der Waals surface area contributed by atoms with Crippen molar-refractivity contribution in [1.82, 2.24) is 9.88 Å². The van der Waals surface area contributed by atoms with Gasteiger partial charge in [-0.1, -0.05) is 36.8 Å². The van der Waals surface area contributed by atoms with Crippen LogP contribution in [0.25, 0.3) is 10.2 Å². The van der Waals surface area contributed by atoms with Crippen LogP contribution in [-0.4, -0.2) is 43.0 Å². The Balaban J connectivity index is 0.00000264. The number of rotatable bonds is 8. The predicted molar refractivity (Wildman–Crippen MR) is 102 cm³/mol. The monoisotopic (exact) mass is 355 g/mol. The Morgan fingerprint density at radius 1 is 1.17 bits per heavy atom. The number of amides is 1. The fourth-order valence-electron chi connectivity index (χ4n) is 2.31. The number of fused-ring (bicyclic) bond motifs is 1. The van der Waals surface area contributed by atoms with E-state index in [0.29, 0.717) is 6.42 Å². The number of anilines is 1. The molecule has 1 aromatic heterocycles. The van der Waals surface area contributed by atoms with E-state index < -0.39 is 0 Å². The summed E-state index contributed by atoms with van der Waals surface area (Å²) in [4.78, 5) is 21.2. The lowest BCUT2D eigenvalue weighted by atomic mass is 10.2. The van der Waals surface area contributed by atoms with Gasteiger partial charge >= 0.3 is 0 Å². The lowest BCUT2D eigenvalue weighted by molar-refractivity contribution is -0.118. The molecule has 1 aromatic carbocycles. The lowest BCUT2D eigenvalue weighted by Gasteiger charge is -2.21. The summed E-state index contributed by atoms with van der Waals surface area (Å²) in [5.41, 5.74) is 0.975. The van der Waals surface area contributed by atoms with Crippen LogP contribution in [0.1, 0.15) is 32.6 Å². The topological polar surface area (TPSA) is 36.4 Å². The van der Waals surface area contributed by atoms with Gasteiger partial charge in [-0.3, -0.25) is 9.69 Å². The van der Waals surface area contributed by atoms with Crippen LogP contribution >= 0.6 is 23.7 Å². The summed E-state index contributed by atoms with van der Waals surface area (Å²) in [7, 11) is 4.11. The highest BCUT2D eigenvalue weighted by Gasteiger charge is 2.18. The van der Waals surface area contributed by atoms with E-state index in [1.165, 1.54) is 0 Å². The van der Waals surface area contributed by atoms with Gasteiger partial charge < -0.3 is 4.90 Å². The van der Waals surface area contributed by atoms with Gasteiger partial charge in [0, 0.05) is 13.0 Å². The Hall–Kier alpha value is -1.17. The minimum Gasteiger partial charge on any atom is -0.309 e. The number of hydrogen-bond acceptors (Lipinski definition) is 4. The zero-order chi connectivity index (χ0) is 15.9. The van der Waals surface area contributed by atoms with E-state index in [0.717, 1.165) is 47.7 Å². The molecule has 6 heteroatoms. The van der Waals surface area contributed by atoms with E-state index in [-0.39, 0.29) is 18.3 Å². The maximum atomic E-state index is 12.5. The molecule has 0 N–H and O–H groups in total. The summed E-state index contributed by atoms with van der Waals surface area (Å²) in [6.45, 7) is 3.82. The molecule has 128 valence electrons. The summed E-state index contributed by atoms with van der Waals surface area (Å²) in [6.07, 6.45) is 3.54. The zero-order valence-electron chi connectivity index (χ0n) is 14.1. The van der Waals surface area contributed by atoms with Crippen molar-refractivity contribution in [3.8, 4) is 0 Å². The summed E-state index contributed by atoms with van der Waals surface area (Å²) in [5.74, 6) is 0.194. The number of nitrogens with zero attached hydrogens (tertiary/aromatic N) is 3. The molecule has 0 unspecified atom stereocenters. The molecule has 4 nitrogen and oxygen atoms in total. The van der Waals surface area contributed by atoms with Gasteiger partial charge in [0.05, 0.1) is 10.2 Å². The molecule has 2 aromatic rings. The first-order chi connectivity index (χ1) is 10.6. The third-order valence-electron chi connectivity index (χ3n) is 3.55. The molecule has 0 saturated carbocycles. The first-order valence-electron chi connectivity index (χ1n) is 7.92. The molecule has 23 heavy (non-hydrogen) atoms. The van der Waals surface area contributed by atoms with Crippen LogP contribution in [0.2, 0.25) is 0 Å². The van der Waals surface area contributed by atoms with Gasteiger partial charge in [-0.25, -0.2) is 4.98 Å². The highest BCUT2D eigenvalue weighted by molar-refractivity contribution is 7.22. The van der Waals surface area contributed by atoms with Crippen molar-refractivity contribution in [3.63, 3.8) is 0 Å². The van der Waals surface area contributed by atoms with Crippen LogP contribution in [0.3, 0.4) is 0 Å². The van der Waals surface area contributed by atoms with Crippen molar-refractivity contribution in [1.29, 1.82) is 0 Å². The van der Waals surface area contributed by atoms with Crippen LogP contribution in [0.5, 0.6) is 0 Å². The molecule has 0 saturated heterocycles. The number of halogens is 1. The smallest absolute Gasteiger partial charge is 0.228 e. The van der Waals surface area contributed by atoms with E-state index in [9.17, 15) is 4.79 Å². The Bertz CT molecular complexity index is 582. The summed E-state index contributed by atoms with van der Waals surface area (Å²) in [5, 5.41) is 0.834. The van der Waals surface area contributed by atoms with Crippen LogP contribution in [-0.2, 0) is 4.79 Å². The summed E-state index contributed by atoms with van der Waals surface area (Å²) >= 11 is 1.61. The number of benzene rings is 1. The van der Waals surface area contributed by atoms with Crippen LogP contribution in [0, 0.1) is 0 Å². The fourth-order valence-corrected chi connectivity index (χ4v) is 3.32. The molecule has 0 spiro atoms. The van der Waals surface area contributed by atoms with Crippen LogP contribution < -0.4 is 4.90 Å².